The van der Waals surface area contributed by atoms with E-state index in [1.165, 1.54) is 6.42 Å². The zero-order valence-corrected chi connectivity index (χ0v) is 9.82. The minimum Gasteiger partial charge on any atom is -0.399 e. The second-order valence-corrected chi connectivity index (χ2v) is 5.54. The molecule has 3 heteroatoms. The number of hydrogen-bond donors (Lipinski definition) is 2. The summed E-state index contributed by atoms with van der Waals surface area (Å²) in [4.78, 5) is 2.46. The topological polar surface area (TPSA) is 49.5 Å². The Kier molecular flexibility index (Phi) is 2.17. The van der Waals surface area contributed by atoms with E-state index in [4.69, 9.17) is 5.73 Å². The summed E-state index contributed by atoms with van der Waals surface area (Å²) in [5, 5.41) is 10.8. The van der Waals surface area contributed by atoms with Crippen molar-refractivity contribution in [3.05, 3.63) is 23.4 Å². The Morgan fingerprint density at radius 3 is 3.19 bits per heavy atom. The highest BCUT2D eigenvalue weighted by molar-refractivity contribution is 5.36. The Bertz CT molecular complexity index is 370. The zero-order chi connectivity index (χ0) is 11.3. The van der Waals surface area contributed by atoms with Crippen LogP contribution in [0, 0.1) is 5.92 Å². The van der Waals surface area contributed by atoms with Crippen molar-refractivity contribution in [2.75, 3.05) is 13.1 Å². The third kappa shape index (κ3) is 1.35. The van der Waals surface area contributed by atoms with Crippen LogP contribution in [0.5, 0.6) is 0 Å². The van der Waals surface area contributed by atoms with Gasteiger partial charge in [0, 0.05) is 18.3 Å². The van der Waals surface area contributed by atoms with Crippen LogP contribution in [0.4, 0.5) is 0 Å². The highest BCUT2D eigenvalue weighted by Gasteiger charge is 2.48. The molecule has 2 heterocycles. The van der Waals surface area contributed by atoms with Gasteiger partial charge < -0.3 is 10.8 Å². The van der Waals surface area contributed by atoms with Crippen LogP contribution in [0.25, 0.3) is 0 Å². The summed E-state index contributed by atoms with van der Waals surface area (Å²) < 4.78 is 0. The van der Waals surface area contributed by atoms with Crippen molar-refractivity contribution in [3.63, 3.8) is 0 Å². The molecule has 2 unspecified atom stereocenters. The Hall–Kier alpha value is -0.800. The lowest BCUT2D eigenvalue weighted by Crippen LogP contribution is -2.57. The molecule has 0 amide bonds. The molecular weight excluding hydrogens is 200 g/mol. The number of piperidine rings is 1. The monoisotopic (exact) mass is 220 g/mol. The maximum Gasteiger partial charge on any atom is 0.0990 e. The standard InChI is InChI=1S/C13H20N2O/c1-13(16)11-7-10(14)5-4-9(11)8-15-6-2-3-12(13)15/h5,7,9,12,16H,2-4,6,8,14H2,1H3/t9?,12?,13-/m0/s1. The molecule has 3 nitrogen and oxygen atoms in total. The molecule has 3 atom stereocenters. The Morgan fingerprint density at radius 2 is 2.38 bits per heavy atom. The highest BCUT2D eigenvalue weighted by Crippen LogP contribution is 2.43. The van der Waals surface area contributed by atoms with Gasteiger partial charge in [-0.15, -0.1) is 0 Å². The van der Waals surface area contributed by atoms with E-state index in [9.17, 15) is 5.11 Å². The van der Waals surface area contributed by atoms with E-state index in [1.54, 1.807) is 0 Å². The molecule has 0 aromatic carbocycles. The molecule has 2 fully saturated rings. The van der Waals surface area contributed by atoms with Gasteiger partial charge in [0.05, 0.1) is 5.60 Å². The maximum atomic E-state index is 10.8. The molecule has 88 valence electrons. The summed E-state index contributed by atoms with van der Waals surface area (Å²) in [5.74, 6) is 0.469. The molecule has 3 N–H and O–H groups in total. The summed E-state index contributed by atoms with van der Waals surface area (Å²) in [6.45, 7) is 4.20. The predicted octanol–water partition coefficient (Wildman–Crippen LogP) is 1.00. The van der Waals surface area contributed by atoms with Gasteiger partial charge in [0.2, 0.25) is 0 Å². The molecule has 3 aliphatic rings. The molecule has 0 aromatic rings. The van der Waals surface area contributed by atoms with E-state index in [0.29, 0.717) is 12.0 Å². The third-order valence-corrected chi connectivity index (χ3v) is 4.45. The van der Waals surface area contributed by atoms with Crippen LogP contribution in [0.3, 0.4) is 0 Å². The number of aliphatic hydroxyl groups is 1. The first kappa shape index (κ1) is 10.4. The zero-order valence-electron chi connectivity index (χ0n) is 9.82. The van der Waals surface area contributed by atoms with Crippen molar-refractivity contribution in [3.8, 4) is 0 Å². The van der Waals surface area contributed by atoms with E-state index in [2.05, 4.69) is 11.0 Å². The van der Waals surface area contributed by atoms with Gasteiger partial charge >= 0.3 is 0 Å². The highest BCUT2D eigenvalue weighted by atomic mass is 16.3. The van der Waals surface area contributed by atoms with Crippen LogP contribution in [-0.4, -0.2) is 34.7 Å². The van der Waals surface area contributed by atoms with Crippen LogP contribution < -0.4 is 5.73 Å². The predicted molar refractivity (Wildman–Crippen MR) is 63.7 cm³/mol. The van der Waals surface area contributed by atoms with Gasteiger partial charge in [0.1, 0.15) is 0 Å². The summed E-state index contributed by atoms with van der Waals surface area (Å²) in [7, 11) is 0. The average Bonchev–Trinajstić information content (AvgIpc) is 2.68. The summed E-state index contributed by atoms with van der Waals surface area (Å²) >= 11 is 0. The summed E-state index contributed by atoms with van der Waals surface area (Å²) in [6, 6.07) is 0.306. The first-order valence-electron chi connectivity index (χ1n) is 6.23. The molecule has 0 aromatic heterocycles. The van der Waals surface area contributed by atoms with Gasteiger partial charge in [0.25, 0.3) is 0 Å². The first-order chi connectivity index (χ1) is 7.59. The van der Waals surface area contributed by atoms with E-state index < -0.39 is 5.60 Å². The minimum absolute atomic E-state index is 0.306. The number of allylic oxidation sites excluding steroid dienone is 2. The van der Waals surface area contributed by atoms with Gasteiger partial charge in [-0.05, 0) is 50.3 Å². The third-order valence-electron chi connectivity index (χ3n) is 4.45. The second kappa shape index (κ2) is 3.34. The normalized spacial score (nSPS) is 43.4. The van der Waals surface area contributed by atoms with Gasteiger partial charge in [-0.1, -0.05) is 6.08 Å². The van der Waals surface area contributed by atoms with Crippen molar-refractivity contribution in [1.29, 1.82) is 0 Å². The lowest BCUT2D eigenvalue weighted by Gasteiger charge is -2.48. The number of hydrogen-bond acceptors (Lipinski definition) is 3. The van der Waals surface area contributed by atoms with Gasteiger partial charge in [-0.2, -0.15) is 0 Å². The van der Waals surface area contributed by atoms with Crippen LogP contribution in [0.2, 0.25) is 0 Å². The van der Waals surface area contributed by atoms with E-state index >= 15 is 0 Å². The molecule has 1 aliphatic carbocycles. The molecule has 16 heavy (non-hydrogen) atoms. The number of nitrogens with two attached hydrogens (primary N) is 1. The van der Waals surface area contributed by atoms with Crippen molar-refractivity contribution in [2.24, 2.45) is 11.7 Å². The largest absolute Gasteiger partial charge is 0.399 e. The lowest BCUT2D eigenvalue weighted by atomic mass is 9.72. The Morgan fingerprint density at radius 1 is 1.56 bits per heavy atom. The van der Waals surface area contributed by atoms with Crippen LogP contribution in [0.1, 0.15) is 26.2 Å². The van der Waals surface area contributed by atoms with Crippen molar-refractivity contribution in [1.82, 2.24) is 4.90 Å². The van der Waals surface area contributed by atoms with E-state index in [-0.39, 0.29) is 0 Å². The van der Waals surface area contributed by atoms with Gasteiger partial charge in [-0.25, -0.2) is 0 Å². The molecule has 0 saturated carbocycles. The van der Waals surface area contributed by atoms with Crippen LogP contribution >= 0.6 is 0 Å². The van der Waals surface area contributed by atoms with Crippen molar-refractivity contribution in [2.45, 2.75) is 37.8 Å². The summed E-state index contributed by atoms with van der Waals surface area (Å²) in [5.41, 5.74) is 7.16. The fourth-order valence-corrected chi connectivity index (χ4v) is 3.65. The fourth-order valence-electron chi connectivity index (χ4n) is 3.65. The van der Waals surface area contributed by atoms with Gasteiger partial charge in [0.15, 0.2) is 0 Å². The fraction of sp³-hybridized carbons (Fsp3) is 0.692. The molecule has 0 spiro atoms. The molecular formula is C13H20N2O. The lowest BCUT2D eigenvalue weighted by molar-refractivity contribution is -0.0255. The van der Waals surface area contributed by atoms with E-state index in [0.717, 1.165) is 37.2 Å². The molecule has 2 aliphatic heterocycles. The molecule has 0 radical (unpaired) electrons. The molecule has 0 bridgehead atoms. The Labute approximate surface area is 96.6 Å². The van der Waals surface area contributed by atoms with Crippen LogP contribution in [0.15, 0.2) is 23.4 Å². The number of rotatable bonds is 0. The van der Waals surface area contributed by atoms with Crippen LogP contribution in [-0.2, 0) is 0 Å². The minimum atomic E-state index is -0.682. The Balaban J connectivity index is 1.99. The SMILES string of the molecule is C[C@]1(O)C2=CC(N)=CCC2CN2CCCC21. The quantitative estimate of drug-likeness (QED) is 0.640. The van der Waals surface area contributed by atoms with Gasteiger partial charge in [-0.3, -0.25) is 4.90 Å². The second-order valence-electron chi connectivity index (χ2n) is 5.54. The van der Waals surface area contributed by atoms with E-state index in [1.807, 2.05) is 13.0 Å². The van der Waals surface area contributed by atoms with Crippen molar-refractivity contribution < 1.29 is 5.11 Å². The number of fused-ring (bicyclic) bond motifs is 2. The smallest absolute Gasteiger partial charge is 0.0990 e. The maximum absolute atomic E-state index is 10.8. The molecule has 3 rings (SSSR count). The molecule has 2 saturated heterocycles. The van der Waals surface area contributed by atoms with Crippen molar-refractivity contribution >= 4 is 0 Å². The average molecular weight is 220 g/mol. The summed E-state index contributed by atoms with van der Waals surface area (Å²) in [6.07, 6.45) is 7.39. The first-order valence-corrected chi connectivity index (χ1v) is 6.23. The number of nitrogens with zero attached hydrogens (tertiary/aromatic N) is 1.